The van der Waals surface area contributed by atoms with Gasteiger partial charge in [-0.1, -0.05) is 6.92 Å². The summed E-state index contributed by atoms with van der Waals surface area (Å²) in [7, 11) is 0. The van der Waals surface area contributed by atoms with Gasteiger partial charge in [0, 0.05) is 12.5 Å². The van der Waals surface area contributed by atoms with Gasteiger partial charge in [-0.25, -0.2) is 0 Å². The van der Waals surface area contributed by atoms with E-state index in [9.17, 15) is 0 Å². The Labute approximate surface area is 95.8 Å². The second-order valence-electron chi connectivity index (χ2n) is 4.04. The highest BCUT2D eigenvalue weighted by Gasteiger charge is 2.17. The van der Waals surface area contributed by atoms with Crippen LogP contribution in [-0.2, 0) is 4.74 Å². The van der Waals surface area contributed by atoms with E-state index in [1.807, 2.05) is 19.1 Å². The van der Waals surface area contributed by atoms with Gasteiger partial charge in [0.2, 0.25) is 0 Å². The van der Waals surface area contributed by atoms with Crippen LogP contribution in [-0.4, -0.2) is 24.3 Å². The maximum Gasteiger partial charge on any atom is 0.138 e. The van der Waals surface area contributed by atoms with Crippen LogP contribution < -0.4 is 10.5 Å². The predicted octanol–water partition coefficient (Wildman–Crippen LogP) is 1.66. The Balaban J connectivity index is 1.96. The summed E-state index contributed by atoms with van der Waals surface area (Å²) in [4.78, 5) is 4.30. The Hall–Kier alpha value is -1.13. The van der Waals surface area contributed by atoms with E-state index in [-0.39, 0.29) is 12.1 Å². The highest BCUT2D eigenvalue weighted by atomic mass is 16.5. The standard InChI is InChI=1S/C12H18N2O2/c1-2-11(13)12-4-3-9(7-14-12)16-10-5-6-15-8-10/h3-4,7,10-11H,2,5-6,8,13H2,1H3/t10?,11-/m0/s1. The van der Waals surface area contributed by atoms with Crippen molar-refractivity contribution >= 4 is 0 Å². The fourth-order valence-electron chi connectivity index (χ4n) is 1.69. The molecule has 2 N–H and O–H groups in total. The molecule has 0 amide bonds. The minimum atomic E-state index is 0.0175. The average Bonchev–Trinajstić information content (AvgIpc) is 2.82. The maximum atomic E-state index is 5.88. The van der Waals surface area contributed by atoms with Crippen molar-refractivity contribution in [2.24, 2.45) is 5.73 Å². The van der Waals surface area contributed by atoms with Crippen molar-refractivity contribution in [3.8, 4) is 5.75 Å². The van der Waals surface area contributed by atoms with Gasteiger partial charge in [-0.15, -0.1) is 0 Å². The molecule has 1 fully saturated rings. The van der Waals surface area contributed by atoms with Crippen LogP contribution in [0.3, 0.4) is 0 Å². The first-order valence-corrected chi connectivity index (χ1v) is 5.75. The summed E-state index contributed by atoms with van der Waals surface area (Å²) in [6.07, 6.45) is 3.76. The zero-order valence-corrected chi connectivity index (χ0v) is 9.56. The first kappa shape index (κ1) is 11.4. The molecule has 0 aromatic carbocycles. The molecule has 16 heavy (non-hydrogen) atoms. The molecule has 1 aliphatic rings. The SMILES string of the molecule is CC[C@H](N)c1ccc(OC2CCOC2)cn1. The molecule has 0 bridgehead atoms. The largest absolute Gasteiger partial charge is 0.486 e. The summed E-state index contributed by atoms with van der Waals surface area (Å²) in [5.74, 6) is 0.794. The molecular formula is C12H18N2O2. The van der Waals surface area contributed by atoms with Gasteiger partial charge in [0.25, 0.3) is 0 Å². The second kappa shape index (κ2) is 5.27. The third-order valence-electron chi connectivity index (χ3n) is 2.77. The summed E-state index contributed by atoms with van der Waals surface area (Å²) in [6.45, 7) is 3.51. The number of ether oxygens (including phenoxy) is 2. The van der Waals surface area contributed by atoms with Gasteiger partial charge in [0.1, 0.15) is 11.9 Å². The summed E-state index contributed by atoms with van der Waals surface area (Å²) in [6, 6.07) is 3.87. The molecule has 1 saturated heterocycles. The fourth-order valence-corrected chi connectivity index (χ4v) is 1.69. The Bertz CT molecular complexity index is 320. The normalized spacial score (nSPS) is 22.0. The third-order valence-corrected chi connectivity index (χ3v) is 2.77. The van der Waals surface area contributed by atoms with Gasteiger partial charge < -0.3 is 15.2 Å². The van der Waals surface area contributed by atoms with Crippen LogP contribution in [0.1, 0.15) is 31.5 Å². The lowest BCUT2D eigenvalue weighted by Gasteiger charge is -2.13. The van der Waals surface area contributed by atoms with E-state index in [1.165, 1.54) is 0 Å². The minimum Gasteiger partial charge on any atom is -0.486 e. The van der Waals surface area contributed by atoms with Crippen LogP contribution >= 0.6 is 0 Å². The number of rotatable bonds is 4. The maximum absolute atomic E-state index is 5.88. The smallest absolute Gasteiger partial charge is 0.138 e. The van der Waals surface area contributed by atoms with Gasteiger partial charge in [0.05, 0.1) is 25.1 Å². The van der Waals surface area contributed by atoms with Crippen molar-refractivity contribution in [1.82, 2.24) is 4.98 Å². The van der Waals surface area contributed by atoms with Gasteiger partial charge >= 0.3 is 0 Å². The molecular weight excluding hydrogens is 204 g/mol. The lowest BCUT2D eigenvalue weighted by atomic mass is 10.1. The summed E-state index contributed by atoms with van der Waals surface area (Å²) in [5, 5.41) is 0. The zero-order chi connectivity index (χ0) is 11.4. The fraction of sp³-hybridized carbons (Fsp3) is 0.583. The van der Waals surface area contributed by atoms with Gasteiger partial charge in [-0.05, 0) is 18.6 Å². The van der Waals surface area contributed by atoms with Crippen molar-refractivity contribution in [3.05, 3.63) is 24.0 Å². The Morgan fingerprint density at radius 1 is 1.62 bits per heavy atom. The average molecular weight is 222 g/mol. The molecule has 1 aliphatic heterocycles. The Morgan fingerprint density at radius 2 is 2.50 bits per heavy atom. The number of hydrogen-bond acceptors (Lipinski definition) is 4. The van der Waals surface area contributed by atoms with E-state index < -0.39 is 0 Å². The molecule has 0 saturated carbocycles. The topological polar surface area (TPSA) is 57.4 Å². The number of nitrogens with two attached hydrogens (primary N) is 1. The van der Waals surface area contributed by atoms with Crippen LogP contribution in [0.2, 0.25) is 0 Å². The summed E-state index contributed by atoms with van der Waals surface area (Å²) in [5.41, 5.74) is 6.80. The zero-order valence-electron chi connectivity index (χ0n) is 9.56. The molecule has 0 spiro atoms. The molecule has 1 aromatic heterocycles. The molecule has 1 unspecified atom stereocenters. The van der Waals surface area contributed by atoms with Crippen LogP contribution in [0.25, 0.3) is 0 Å². The molecule has 0 radical (unpaired) electrons. The van der Waals surface area contributed by atoms with E-state index >= 15 is 0 Å². The minimum absolute atomic E-state index is 0.0175. The van der Waals surface area contributed by atoms with Crippen LogP contribution in [0.15, 0.2) is 18.3 Å². The predicted molar refractivity (Wildman–Crippen MR) is 61.3 cm³/mol. The van der Waals surface area contributed by atoms with E-state index in [0.29, 0.717) is 6.61 Å². The molecule has 1 aromatic rings. The number of pyridine rings is 1. The highest BCUT2D eigenvalue weighted by molar-refractivity contribution is 5.21. The van der Waals surface area contributed by atoms with Crippen molar-refractivity contribution in [1.29, 1.82) is 0 Å². The van der Waals surface area contributed by atoms with Crippen LogP contribution in [0, 0.1) is 0 Å². The first-order chi connectivity index (χ1) is 7.79. The van der Waals surface area contributed by atoms with Crippen molar-refractivity contribution in [2.45, 2.75) is 31.9 Å². The molecule has 4 nitrogen and oxygen atoms in total. The Morgan fingerprint density at radius 3 is 3.06 bits per heavy atom. The number of aromatic nitrogens is 1. The lowest BCUT2D eigenvalue weighted by molar-refractivity contribution is 0.141. The van der Waals surface area contributed by atoms with E-state index in [2.05, 4.69) is 4.98 Å². The molecule has 2 rings (SSSR count). The van der Waals surface area contributed by atoms with E-state index in [1.54, 1.807) is 6.20 Å². The molecule has 4 heteroatoms. The third kappa shape index (κ3) is 2.71. The molecule has 88 valence electrons. The van der Waals surface area contributed by atoms with Crippen molar-refractivity contribution in [2.75, 3.05) is 13.2 Å². The van der Waals surface area contributed by atoms with Crippen molar-refractivity contribution in [3.63, 3.8) is 0 Å². The quantitative estimate of drug-likeness (QED) is 0.841. The van der Waals surface area contributed by atoms with Gasteiger partial charge in [0.15, 0.2) is 0 Å². The van der Waals surface area contributed by atoms with Gasteiger partial charge in [-0.2, -0.15) is 0 Å². The van der Waals surface area contributed by atoms with E-state index in [0.717, 1.165) is 30.9 Å². The molecule has 2 heterocycles. The van der Waals surface area contributed by atoms with Crippen LogP contribution in [0.4, 0.5) is 0 Å². The molecule has 0 aliphatic carbocycles. The second-order valence-corrected chi connectivity index (χ2v) is 4.04. The van der Waals surface area contributed by atoms with Crippen molar-refractivity contribution < 1.29 is 9.47 Å². The van der Waals surface area contributed by atoms with Gasteiger partial charge in [-0.3, -0.25) is 4.98 Å². The summed E-state index contributed by atoms with van der Waals surface area (Å²) < 4.78 is 11.0. The summed E-state index contributed by atoms with van der Waals surface area (Å²) >= 11 is 0. The van der Waals surface area contributed by atoms with Crippen LogP contribution in [0.5, 0.6) is 5.75 Å². The number of nitrogens with zero attached hydrogens (tertiary/aromatic N) is 1. The lowest BCUT2D eigenvalue weighted by Crippen LogP contribution is -2.16. The first-order valence-electron chi connectivity index (χ1n) is 5.75. The molecule has 2 atom stereocenters. The van der Waals surface area contributed by atoms with E-state index in [4.69, 9.17) is 15.2 Å². The number of hydrogen-bond donors (Lipinski definition) is 1. The Kier molecular flexibility index (Phi) is 3.74. The highest BCUT2D eigenvalue weighted by Crippen LogP contribution is 2.18. The monoisotopic (exact) mass is 222 g/mol.